The molecule has 3 aliphatic rings. The van der Waals surface area contributed by atoms with E-state index in [2.05, 4.69) is 37.8 Å². The number of pyridine rings is 1. The molecule has 0 atom stereocenters. The fraction of sp³-hybridized carbons (Fsp3) is 0.533. The van der Waals surface area contributed by atoms with Crippen molar-refractivity contribution < 1.29 is 24.2 Å². The number of hydrogen-bond donors (Lipinski definition) is 2. The Bertz CT molecular complexity index is 1280. The summed E-state index contributed by atoms with van der Waals surface area (Å²) >= 11 is 0. The number of ether oxygens (including phenoxy) is 2. The molecule has 1 saturated carbocycles. The van der Waals surface area contributed by atoms with Gasteiger partial charge in [-0.05, 0) is 49.3 Å². The number of carboxylic acids is 1. The number of carboxylic acid groups (broad SMARTS) is 1. The van der Waals surface area contributed by atoms with Crippen molar-refractivity contribution in [1.29, 1.82) is 5.41 Å². The van der Waals surface area contributed by atoms with Crippen LogP contribution >= 0.6 is 17.0 Å². The molecular weight excluding hydrogens is 576 g/mol. The number of amidine groups is 1. The summed E-state index contributed by atoms with van der Waals surface area (Å²) in [5, 5.41) is 17.6. The summed E-state index contributed by atoms with van der Waals surface area (Å²) in [4.78, 5) is 33.3. The van der Waals surface area contributed by atoms with Gasteiger partial charge in [-0.2, -0.15) is 0 Å². The molecule has 0 spiro atoms. The molecule has 2 aromatic rings. The summed E-state index contributed by atoms with van der Waals surface area (Å²) in [5.41, 5.74) is 4.86. The lowest BCUT2D eigenvalue weighted by molar-refractivity contribution is -0.142. The van der Waals surface area contributed by atoms with Gasteiger partial charge in [-0.1, -0.05) is 26.8 Å². The van der Waals surface area contributed by atoms with E-state index in [-0.39, 0.29) is 54.5 Å². The molecule has 0 unspecified atom stereocenters. The molecule has 40 heavy (non-hydrogen) atoms. The van der Waals surface area contributed by atoms with Crippen LogP contribution in [0.5, 0.6) is 5.75 Å². The van der Waals surface area contributed by atoms with Crippen molar-refractivity contribution in [2.24, 2.45) is 0 Å². The predicted octanol–water partition coefficient (Wildman–Crippen LogP) is 4.94. The second-order valence-corrected chi connectivity index (χ2v) is 11.8. The third kappa shape index (κ3) is 6.66. The zero-order chi connectivity index (χ0) is 27.7. The van der Waals surface area contributed by atoms with Gasteiger partial charge in [0.2, 0.25) is 0 Å². The van der Waals surface area contributed by atoms with E-state index < -0.39 is 5.97 Å². The van der Waals surface area contributed by atoms with Crippen molar-refractivity contribution >= 4 is 40.3 Å². The van der Waals surface area contributed by atoms with Crippen LogP contribution in [-0.4, -0.2) is 72.0 Å². The summed E-state index contributed by atoms with van der Waals surface area (Å²) in [6.45, 7) is 8.67. The van der Waals surface area contributed by atoms with Gasteiger partial charge in [0, 0.05) is 47.9 Å². The highest BCUT2D eigenvalue weighted by molar-refractivity contribution is 8.93. The molecular formula is C30H39BrN4O5. The molecule has 1 aliphatic carbocycles. The van der Waals surface area contributed by atoms with Crippen molar-refractivity contribution in [2.75, 3.05) is 44.4 Å². The highest BCUT2D eigenvalue weighted by Crippen LogP contribution is 2.42. The van der Waals surface area contributed by atoms with E-state index in [1.54, 1.807) is 0 Å². The quantitative estimate of drug-likeness (QED) is 0.270. The van der Waals surface area contributed by atoms with Gasteiger partial charge < -0.3 is 24.4 Å². The number of fused-ring (bicyclic) bond motifs is 1. The largest absolute Gasteiger partial charge is 0.489 e. The second-order valence-electron chi connectivity index (χ2n) is 11.8. The van der Waals surface area contributed by atoms with E-state index in [1.807, 2.05) is 17.0 Å². The number of carbonyl (C=O) groups excluding carboxylic acids is 1. The van der Waals surface area contributed by atoms with Crippen LogP contribution in [-0.2, 0) is 21.5 Å². The smallest absolute Gasteiger partial charge is 0.329 e. The van der Waals surface area contributed by atoms with Crippen molar-refractivity contribution in [3.8, 4) is 5.75 Å². The molecule has 3 heterocycles. The van der Waals surface area contributed by atoms with Crippen molar-refractivity contribution in [2.45, 2.75) is 64.3 Å². The van der Waals surface area contributed by atoms with Crippen LogP contribution in [0.2, 0.25) is 0 Å². The molecule has 0 amide bonds. The van der Waals surface area contributed by atoms with Crippen LogP contribution in [0.3, 0.4) is 0 Å². The summed E-state index contributed by atoms with van der Waals surface area (Å²) in [5.74, 6) is 0.496. The molecule has 10 heteroatoms. The number of Topliss-reactive ketones (excluding diaryl/α,β-unsaturated/α-hetero) is 1. The SMILES string of the molecule is Br.CC(C)(C)c1cc(C(=O)CN2Cc3ccc(C4CC4)nc3C2=N)cc(N2CCCC2)c1OCCOCC(=O)O. The number of anilines is 1. The topological polar surface area (TPSA) is 116 Å². The lowest BCUT2D eigenvalue weighted by atomic mass is 9.84. The third-order valence-corrected chi connectivity index (χ3v) is 7.58. The Hall–Kier alpha value is -2.98. The number of benzene rings is 1. The monoisotopic (exact) mass is 614 g/mol. The molecule has 2 aliphatic heterocycles. The first-order chi connectivity index (χ1) is 18.6. The summed E-state index contributed by atoms with van der Waals surface area (Å²) in [6, 6.07) is 7.97. The van der Waals surface area contributed by atoms with Gasteiger partial charge in [-0.3, -0.25) is 10.2 Å². The summed E-state index contributed by atoms with van der Waals surface area (Å²) in [7, 11) is 0. The molecule has 2 fully saturated rings. The van der Waals surface area contributed by atoms with E-state index in [0.717, 1.165) is 67.0 Å². The fourth-order valence-electron chi connectivity index (χ4n) is 5.31. The summed E-state index contributed by atoms with van der Waals surface area (Å²) in [6.07, 6.45) is 4.46. The maximum Gasteiger partial charge on any atom is 0.329 e. The van der Waals surface area contributed by atoms with E-state index in [9.17, 15) is 9.59 Å². The number of nitrogens with one attached hydrogen (secondary N) is 1. The number of nitrogens with zero attached hydrogens (tertiary/aromatic N) is 3. The Kier molecular flexibility index (Phi) is 9.19. The van der Waals surface area contributed by atoms with Crippen LogP contribution < -0.4 is 9.64 Å². The molecule has 2 N–H and O–H groups in total. The minimum absolute atomic E-state index is 0. The molecule has 9 nitrogen and oxygen atoms in total. The molecule has 0 bridgehead atoms. The third-order valence-electron chi connectivity index (χ3n) is 7.58. The first-order valence-corrected chi connectivity index (χ1v) is 13.8. The number of ketones is 1. The Labute approximate surface area is 246 Å². The van der Waals surface area contributed by atoms with Crippen molar-refractivity contribution in [3.63, 3.8) is 0 Å². The molecule has 1 saturated heterocycles. The molecule has 216 valence electrons. The zero-order valence-electron chi connectivity index (χ0n) is 23.5. The van der Waals surface area contributed by atoms with E-state index in [1.165, 1.54) is 0 Å². The standard InChI is InChI=1S/C30H38N4O5.BrH/c1-30(2,3)22-14-21(15-24(33-10-4-5-11-33)28(22)39-13-12-38-18-26(36)37)25(35)17-34-16-20-8-9-23(19-6-7-19)32-27(20)29(34)31;/h8-9,14-15,19,31H,4-7,10-13,16-18H2,1-3H3,(H,36,37);1H. The Balaban J connectivity index is 0.00000370. The fourth-order valence-corrected chi connectivity index (χ4v) is 5.31. The highest BCUT2D eigenvalue weighted by atomic mass is 79.9. The van der Waals surface area contributed by atoms with Crippen LogP contribution in [0, 0.1) is 5.41 Å². The lowest BCUT2D eigenvalue weighted by Crippen LogP contribution is -2.31. The molecule has 1 aromatic heterocycles. The van der Waals surface area contributed by atoms with E-state index in [4.69, 9.17) is 25.0 Å². The van der Waals surface area contributed by atoms with Gasteiger partial charge in [0.05, 0.1) is 18.8 Å². The number of aromatic nitrogens is 1. The molecule has 5 rings (SSSR count). The zero-order valence-corrected chi connectivity index (χ0v) is 25.2. The second kappa shape index (κ2) is 12.3. The molecule has 1 aromatic carbocycles. The average molecular weight is 616 g/mol. The number of hydrogen-bond acceptors (Lipinski definition) is 7. The van der Waals surface area contributed by atoms with Crippen molar-refractivity contribution in [3.05, 3.63) is 52.3 Å². The lowest BCUT2D eigenvalue weighted by Gasteiger charge is -2.29. The Morgan fingerprint density at radius 2 is 1.85 bits per heavy atom. The number of halogens is 1. The first-order valence-electron chi connectivity index (χ1n) is 13.8. The van der Waals surface area contributed by atoms with Gasteiger partial charge in [-0.15, -0.1) is 17.0 Å². The van der Waals surface area contributed by atoms with Crippen molar-refractivity contribution in [1.82, 2.24) is 9.88 Å². The molecule has 0 radical (unpaired) electrons. The van der Waals surface area contributed by atoms with Crippen LogP contribution in [0.1, 0.15) is 85.2 Å². The number of aliphatic carboxylic acids is 1. The maximum atomic E-state index is 13.7. The van der Waals surface area contributed by atoms with Gasteiger partial charge in [0.25, 0.3) is 0 Å². The Morgan fingerprint density at radius 1 is 1.12 bits per heavy atom. The van der Waals surface area contributed by atoms with Gasteiger partial charge in [-0.25, -0.2) is 9.78 Å². The number of rotatable bonds is 11. The average Bonchev–Trinajstić information content (AvgIpc) is 3.50. The van der Waals surface area contributed by atoms with Crippen LogP contribution in [0.15, 0.2) is 24.3 Å². The van der Waals surface area contributed by atoms with Gasteiger partial charge in [0.1, 0.15) is 30.5 Å². The van der Waals surface area contributed by atoms with E-state index >= 15 is 0 Å². The van der Waals surface area contributed by atoms with Gasteiger partial charge >= 0.3 is 5.97 Å². The Morgan fingerprint density at radius 3 is 2.50 bits per heavy atom. The minimum Gasteiger partial charge on any atom is -0.489 e. The number of carbonyl (C=O) groups is 2. The summed E-state index contributed by atoms with van der Waals surface area (Å²) < 4.78 is 11.4. The van der Waals surface area contributed by atoms with Gasteiger partial charge in [0.15, 0.2) is 5.78 Å². The van der Waals surface area contributed by atoms with Crippen LogP contribution in [0.4, 0.5) is 5.69 Å². The first kappa shape index (κ1) is 30.0. The predicted molar refractivity (Wildman–Crippen MR) is 159 cm³/mol. The van der Waals surface area contributed by atoms with E-state index in [0.29, 0.717) is 29.6 Å². The minimum atomic E-state index is -1.01. The van der Waals surface area contributed by atoms with Crippen LogP contribution in [0.25, 0.3) is 0 Å². The maximum absolute atomic E-state index is 13.7. The highest BCUT2D eigenvalue weighted by Gasteiger charge is 2.32. The normalized spacial score (nSPS) is 16.6.